The number of fused-ring (bicyclic) bond motifs is 5. The van der Waals surface area contributed by atoms with E-state index in [9.17, 15) is 10.0 Å². The Hall–Kier alpha value is -2.08. The van der Waals surface area contributed by atoms with Crippen molar-refractivity contribution in [3.8, 4) is 5.75 Å². The molecule has 0 spiro atoms. The molecule has 0 amide bonds. The van der Waals surface area contributed by atoms with E-state index in [1.165, 1.54) is 0 Å². The average molecular weight is 275 g/mol. The van der Waals surface area contributed by atoms with Crippen LogP contribution in [0, 0.1) is 11.1 Å². The summed E-state index contributed by atoms with van der Waals surface area (Å²) in [5.41, 5.74) is 0.877. The van der Waals surface area contributed by atoms with Gasteiger partial charge in [-0.1, -0.05) is 18.2 Å². The maximum atomic E-state index is 12.1. The van der Waals surface area contributed by atoms with Crippen LogP contribution in [0.4, 0.5) is 0 Å². The lowest BCUT2D eigenvalue weighted by molar-refractivity contribution is -0.775. The van der Waals surface area contributed by atoms with Gasteiger partial charge in [-0.25, -0.2) is 4.79 Å². The molecule has 1 saturated heterocycles. The van der Waals surface area contributed by atoms with Crippen LogP contribution >= 0.6 is 0 Å². The fourth-order valence-corrected chi connectivity index (χ4v) is 3.24. The number of hydrogen-bond acceptors (Lipinski definition) is 5. The molecule has 104 valence electrons. The molecule has 0 unspecified atom stereocenters. The molecule has 6 heteroatoms. The van der Waals surface area contributed by atoms with Gasteiger partial charge in [0, 0.05) is 18.1 Å². The average Bonchev–Trinajstić information content (AvgIpc) is 2.46. The zero-order valence-corrected chi connectivity index (χ0v) is 10.7. The largest absolute Gasteiger partial charge is 0.418 e. The SMILES string of the molecule is O=C1Oc2ccccc2[C@@H]2C1=[N+]([O-])O[C@@H]1OCCC[C@@H]12. The molecular formula is C14H13NO5. The predicted octanol–water partition coefficient (Wildman–Crippen LogP) is 1.34. The summed E-state index contributed by atoms with van der Waals surface area (Å²) < 4.78 is 10.7. The number of para-hydroxylation sites is 1. The van der Waals surface area contributed by atoms with E-state index < -0.39 is 12.3 Å². The van der Waals surface area contributed by atoms with E-state index in [-0.39, 0.29) is 22.4 Å². The van der Waals surface area contributed by atoms with Gasteiger partial charge in [0.1, 0.15) is 5.75 Å². The zero-order chi connectivity index (χ0) is 13.7. The lowest BCUT2D eigenvalue weighted by Gasteiger charge is -2.41. The van der Waals surface area contributed by atoms with Gasteiger partial charge < -0.3 is 14.3 Å². The Labute approximate surface area is 115 Å². The normalized spacial score (nSPS) is 31.6. The van der Waals surface area contributed by atoms with Crippen LogP contribution in [0.3, 0.4) is 0 Å². The molecule has 1 fully saturated rings. The molecule has 3 aliphatic heterocycles. The number of rotatable bonds is 0. The van der Waals surface area contributed by atoms with Crippen LogP contribution in [0.1, 0.15) is 24.3 Å². The summed E-state index contributed by atoms with van der Waals surface area (Å²) in [5, 5.41) is 12.0. The van der Waals surface area contributed by atoms with Crippen molar-refractivity contribution in [2.45, 2.75) is 25.0 Å². The van der Waals surface area contributed by atoms with Gasteiger partial charge in [-0.3, -0.25) is 5.21 Å². The third-order valence-electron chi connectivity index (χ3n) is 4.10. The molecule has 3 heterocycles. The van der Waals surface area contributed by atoms with Crippen molar-refractivity contribution in [2.75, 3.05) is 6.61 Å². The summed E-state index contributed by atoms with van der Waals surface area (Å²) >= 11 is 0. The molecule has 3 atom stereocenters. The van der Waals surface area contributed by atoms with Crippen LogP contribution in [0.25, 0.3) is 0 Å². The highest BCUT2D eigenvalue weighted by Gasteiger charge is 2.52. The van der Waals surface area contributed by atoms with Gasteiger partial charge in [0.25, 0.3) is 0 Å². The highest BCUT2D eigenvalue weighted by atomic mass is 16.9. The number of esters is 1. The Morgan fingerprint density at radius 1 is 1.30 bits per heavy atom. The molecule has 0 aromatic heterocycles. The summed E-state index contributed by atoms with van der Waals surface area (Å²) in [7, 11) is 0. The molecule has 0 bridgehead atoms. The Morgan fingerprint density at radius 2 is 2.15 bits per heavy atom. The lowest BCUT2D eigenvalue weighted by atomic mass is 9.76. The molecule has 0 saturated carbocycles. The first kappa shape index (κ1) is 11.7. The van der Waals surface area contributed by atoms with Crippen molar-refractivity contribution in [3.05, 3.63) is 35.0 Å². The van der Waals surface area contributed by atoms with E-state index in [1.807, 2.05) is 12.1 Å². The number of benzene rings is 1. The van der Waals surface area contributed by atoms with Crippen molar-refractivity contribution < 1.29 is 24.0 Å². The van der Waals surface area contributed by atoms with Crippen LogP contribution < -0.4 is 4.74 Å². The quantitative estimate of drug-likeness (QED) is 0.406. The number of carbonyl (C=O) groups is 1. The minimum Gasteiger partial charge on any atom is -0.418 e. The summed E-state index contributed by atoms with van der Waals surface area (Å²) in [6.45, 7) is 0.573. The van der Waals surface area contributed by atoms with Gasteiger partial charge >= 0.3 is 11.7 Å². The fourth-order valence-electron chi connectivity index (χ4n) is 3.24. The third-order valence-corrected chi connectivity index (χ3v) is 4.10. The summed E-state index contributed by atoms with van der Waals surface area (Å²) in [6, 6.07) is 7.31. The monoisotopic (exact) mass is 275 g/mol. The highest BCUT2D eigenvalue weighted by molar-refractivity contribution is 6.38. The molecule has 1 aromatic carbocycles. The van der Waals surface area contributed by atoms with Crippen molar-refractivity contribution >= 4 is 11.7 Å². The van der Waals surface area contributed by atoms with E-state index in [1.54, 1.807) is 12.1 Å². The van der Waals surface area contributed by atoms with E-state index in [2.05, 4.69) is 0 Å². The fraction of sp³-hybridized carbons (Fsp3) is 0.429. The minimum atomic E-state index is -0.632. The first-order valence-electron chi connectivity index (χ1n) is 6.69. The molecule has 0 N–H and O–H groups in total. The lowest BCUT2D eigenvalue weighted by Crippen LogP contribution is -2.51. The van der Waals surface area contributed by atoms with Gasteiger partial charge in [0.2, 0.25) is 0 Å². The Balaban J connectivity index is 1.89. The van der Waals surface area contributed by atoms with Gasteiger partial charge in [-0.15, -0.1) is 0 Å². The maximum Gasteiger partial charge on any atom is 0.411 e. The first-order valence-corrected chi connectivity index (χ1v) is 6.69. The molecule has 1 aromatic rings. The van der Waals surface area contributed by atoms with Crippen LogP contribution in [0.2, 0.25) is 0 Å². The van der Waals surface area contributed by atoms with Gasteiger partial charge in [0.15, 0.2) is 6.29 Å². The third kappa shape index (κ3) is 1.54. The van der Waals surface area contributed by atoms with E-state index in [0.717, 1.165) is 18.4 Å². The standard InChI is InChI=1S/C14H13NO5/c16-13-12-11(8-4-1-2-6-10(8)19-13)9-5-3-7-18-14(9)20-15(12)17/h1-2,4,6,9,11,14H,3,5,7H2/t9-,11+,14+/m1/s1. The Kier molecular flexibility index (Phi) is 2.47. The molecule has 6 nitrogen and oxygen atoms in total. The first-order chi connectivity index (χ1) is 9.75. The molecule has 3 aliphatic rings. The molecule has 4 rings (SSSR count). The van der Waals surface area contributed by atoms with E-state index in [0.29, 0.717) is 12.4 Å². The summed E-state index contributed by atoms with van der Waals surface area (Å²) in [4.78, 5) is 17.5. The second-order valence-corrected chi connectivity index (χ2v) is 5.20. The van der Waals surface area contributed by atoms with E-state index >= 15 is 0 Å². The number of carbonyl (C=O) groups excluding carboxylic acids is 1. The van der Waals surface area contributed by atoms with Crippen molar-refractivity contribution in [1.82, 2.24) is 0 Å². The molecule has 20 heavy (non-hydrogen) atoms. The smallest absolute Gasteiger partial charge is 0.411 e. The second-order valence-electron chi connectivity index (χ2n) is 5.20. The van der Waals surface area contributed by atoms with Crippen molar-refractivity contribution in [3.63, 3.8) is 0 Å². The van der Waals surface area contributed by atoms with Gasteiger partial charge in [0.05, 0.1) is 10.8 Å². The molecular weight excluding hydrogens is 262 g/mol. The van der Waals surface area contributed by atoms with Crippen molar-refractivity contribution in [1.29, 1.82) is 0 Å². The second kappa shape index (κ2) is 4.21. The summed E-state index contributed by atoms with van der Waals surface area (Å²) in [6.07, 6.45) is 1.16. The van der Waals surface area contributed by atoms with Crippen molar-refractivity contribution in [2.24, 2.45) is 5.92 Å². The summed E-state index contributed by atoms with van der Waals surface area (Å²) in [5.74, 6) is -0.458. The molecule has 0 aliphatic carbocycles. The number of ether oxygens (including phenoxy) is 2. The Morgan fingerprint density at radius 3 is 3.05 bits per heavy atom. The zero-order valence-electron chi connectivity index (χ0n) is 10.7. The number of hydrogen-bond donors (Lipinski definition) is 0. The van der Waals surface area contributed by atoms with Crippen LogP contribution in [0.5, 0.6) is 5.75 Å². The van der Waals surface area contributed by atoms with Crippen LogP contribution in [0.15, 0.2) is 24.3 Å². The molecule has 0 radical (unpaired) electrons. The van der Waals surface area contributed by atoms with Gasteiger partial charge in [-0.2, -0.15) is 0 Å². The van der Waals surface area contributed by atoms with Gasteiger partial charge in [-0.05, 0) is 18.9 Å². The number of nitrogens with zero attached hydrogens (tertiary/aromatic N) is 1. The Bertz CT molecular complexity index is 611. The van der Waals surface area contributed by atoms with E-state index in [4.69, 9.17) is 14.3 Å². The highest BCUT2D eigenvalue weighted by Crippen LogP contribution is 2.44. The minimum absolute atomic E-state index is 0.0236. The van der Waals surface area contributed by atoms with Crippen LogP contribution in [-0.2, 0) is 14.4 Å². The van der Waals surface area contributed by atoms with Crippen LogP contribution in [-0.4, -0.2) is 29.5 Å². The topological polar surface area (TPSA) is 70.8 Å². The maximum absolute atomic E-state index is 12.1. The predicted molar refractivity (Wildman–Crippen MR) is 67.0 cm³/mol.